The van der Waals surface area contributed by atoms with Crippen molar-refractivity contribution in [1.29, 1.82) is 0 Å². The zero-order chi connectivity index (χ0) is 17.0. The van der Waals surface area contributed by atoms with Crippen molar-refractivity contribution >= 4 is 33.2 Å². The van der Waals surface area contributed by atoms with Gasteiger partial charge < -0.3 is 10.6 Å². The van der Waals surface area contributed by atoms with E-state index >= 15 is 0 Å². The van der Waals surface area contributed by atoms with Crippen LogP contribution in [-0.2, 0) is 19.6 Å². The molecule has 0 spiro atoms. The summed E-state index contributed by atoms with van der Waals surface area (Å²) < 4.78 is 25.5. The number of carbonyl (C=O) groups is 2. The van der Waals surface area contributed by atoms with E-state index in [0.717, 1.165) is 6.42 Å². The molecule has 2 N–H and O–H groups in total. The van der Waals surface area contributed by atoms with Crippen molar-refractivity contribution < 1.29 is 18.0 Å². The number of sulfonamides is 1. The molecular weight excluding hydrogens is 318 g/mol. The van der Waals surface area contributed by atoms with Gasteiger partial charge in [0.05, 0.1) is 11.4 Å². The molecule has 1 heterocycles. The summed E-state index contributed by atoms with van der Waals surface area (Å²) in [5, 5.41) is 4.98. The van der Waals surface area contributed by atoms with Gasteiger partial charge in [-0.3, -0.25) is 13.9 Å². The number of carbonyl (C=O) groups excluding carboxylic acids is 2. The van der Waals surface area contributed by atoms with Gasteiger partial charge in [-0.05, 0) is 51.0 Å². The highest BCUT2D eigenvalue weighted by Crippen LogP contribution is 2.24. The minimum atomic E-state index is -3.26. The minimum absolute atomic E-state index is 0.125. The van der Waals surface area contributed by atoms with Crippen LogP contribution >= 0.6 is 0 Å². The average Bonchev–Trinajstić information content (AvgIpc) is 2.47. The fourth-order valence-electron chi connectivity index (χ4n) is 2.31. The third-order valence-electron chi connectivity index (χ3n) is 3.39. The van der Waals surface area contributed by atoms with Crippen LogP contribution in [0.3, 0.4) is 0 Å². The normalized spacial score (nSPS) is 16.9. The van der Waals surface area contributed by atoms with Gasteiger partial charge in [-0.25, -0.2) is 8.42 Å². The summed E-state index contributed by atoms with van der Waals surface area (Å²) in [6.45, 7) is 3.99. The maximum atomic E-state index is 12.0. The van der Waals surface area contributed by atoms with Gasteiger partial charge in [0.1, 0.15) is 0 Å². The summed E-state index contributed by atoms with van der Waals surface area (Å²) in [5.74, 6) is -1.30. The Bertz CT molecular complexity index is 683. The zero-order valence-corrected chi connectivity index (χ0v) is 14.0. The second-order valence-electron chi connectivity index (χ2n) is 5.72. The smallest absolute Gasteiger partial charge is 0.313 e. The predicted octanol–water partition coefficient (Wildman–Crippen LogP) is 1.08. The number of amides is 2. The first-order valence-corrected chi connectivity index (χ1v) is 9.13. The van der Waals surface area contributed by atoms with Crippen LogP contribution < -0.4 is 14.9 Å². The Kier molecular flexibility index (Phi) is 5.25. The topological polar surface area (TPSA) is 95.6 Å². The van der Waals surface area contributed by atoms with Crippen molar-refractivity contribution in [2.45, 2.75) is 32.7 Å². The highest BCUT2D eigenvalue weighted by molar-refractivity contribution is 7.92. The monoisotopic (exact) mass is 339 g/mol. The molecule has 1 aromatic rings. The predicted molar refractivity (Wildman–Crippen MR) is 88.7 cm³/mol. The Hall–Kier alpha value is -2.09. The highest BCUT2D eigenvalue weighted by atomic mass is 32.2. The van der Waals surface area contributed by atoms with Gasteiger partial charge >= 0.3 is 11.8 Å². The number of hydrogen-bond donors (Lipinski definition) is 2. The molecule has 1 fully saturated rings. The van der Waals surface area contributed by atoms with Crippen LogP contribution in [-0.4, -0.2) is 38.6 Å². The van der Waals surface area contributed by atoms with Crippen LogP contribution in [0, 0.1) is 0 Å². The summed E-state index contributed by atoms with van der Waals surface area (Å²) >= 11 is 0. The van der Waals surface area contributed by atoms with Crippen molar-refractivity contribution in [3.05, 3.63) is 24.3 Å². The number of hydrogen-bond acceptors (Lipinski definition) is 4. The van der Waals surface area contributed by atoms with E-state index in [-0.39, 0.29) is 11.8 Å². The second-order valence-corrected chi connectivity index (χ2v) is 7.74. The maximum absolute atomic E-state index is 12.0. The molecule has 1 aliphatic rings. The van der Waals surface area contributed by atoms with Crippen molar-refractivity contribution in [3.8, 4) is 0 Å². The Morgan fingerprint density at radius 1 is 1.09 bits per heavy atom. The van der Waals surface area contributed by atoms with Crippen LogP contribution in [0.2, 0.25) is 0 Å². The van der Waals surface area contributed by atoms with E-state index in [0.29, 0.717) is 24.3 Å². The third kappa shape index (κ3) is 4.44. The number of anilines is 2. The maximum Gasteiger partial charge on any atom is 0.313 e. The molecule has 23 heavy (non-hydrogen) atoms. The Labute approximate surface area is 136 Å². The molecule has 1 aromatic carbocycles. The molecule has 2 rings (SSSR count). The standard InChI is InChI=1S/C15H21N3O4S/c1-11(2)16-14(19)15(20)17-12-5-7-13(8-6-12)18-9-3-4-10-23(18,21)22/h5-8,11H,3-4,9-10H2,1-2H3,(H,16,19)(H,17,20). The molecule has 0 radical (unpaired) electrons. The fraction of sp³-hybridized carbons (Fsp3) is 0.467. The molecule has 8 heteroatoms. The first-order chi connectivity index (χ1) is 10.8. The summed E-state index contributed by atoms with van der Waals surface area (Å²) in [6.07, 6.45) is 1.50. The summed E-state index contributed by atoms with van der Waals surface area (Å²) in [5.41, 5.74) is 1.00. The van der Waals surface area contributed by atoms with E-state index in [1.54, 1.807) is 38.1 Å². The van der Waals surface area contributed by atoms with Crippen LogP contribution in [0.25, 0.3) is 0 Å². The molecular formula is C15H21N3O4S. The molecule has 0 unspecified atom stereocenters. The molecule has 126 valence electrons. The van der Waals surface area contributed by atoms with E-state index in [4.69, 9.17) is 0 Å². The van der Waals surface area contributed by atoms with Gasteiger partial charge in [0.15, 0.2) is 0 Å². The minimum Gasteiger partial charge on any atom is -0.346 e. The molecule has 1 aliphatic heterocycles. The first kappa shape index (κ1) is 17.3. The summed E-state index contributed by atoms with van der Waals surface area (Å²) in [7, 11) is -3.26. The molecule has 0 atom stereocenters. The van der Waals surface area contributed by atoms with Gasteiger partial charge in [0, 0.05) is 18.3 Å². The lowest BCUT2D eigenvalue weighted by Gasteiger charge is -2.28. The summed E-state index contributed by atoms with van der Waals surface area (Å²) in [6, 6.07) is 6.29. The molecule has 2 amide bonds. The van der Waals surface area contributed by atoms with Gasteiger partial charge in [-0.1, -0.05) is 0 Å². The van der Waals surface area contributed by atoms with Crippen LogP contribution in [0.1, 0.15) is 26.7 Å². The second kappa shape index (κ2) is 6.99. The van der Waals surface area contributed by atoms with Crippen molar-refractivity contribution in [1.82, 2.24) is 5.32 Å². The van der Waals surface area contributed by atoms with Gasteiger partial charge in [-0.2, -0.15) is 0 Å². The largest absolute Gasteiger partial charge is 0.346 e. The van der Waals surface area contributed by atoms with E-state index in [1.807, 2.05) is 0 Å². The lowest BCUT2D eigenvalue weighted by molar-refractivity contribution is -0.136. The van der Waals surface area contributed by atoms with Crippen LogP contribution in [0.5, 0.6) is 0 Å². The van der Waals surface area contributed by atoms with E-state index < -0.39 is 21.8 Å². The summed E-state index contributed by atoms with van der Waals surface area (Å²) in [4.78, 5) is 23.3. The van der Waals surface area contributed by atoms with Gasteiger partial charge in [0.2, 0.25) is 10.0 Å². The van der Waals surface area contributed by atoms with Gasteiger partial charge in [-0.15, -0.1) is 0 Å². The molecule has 1 saturated heterocycles. The lowest BCUT2D eigenvalue weighted by Crippen LogP contribution is -2.39. The third-order valence-corrected chi connectivity index (χ3v) is 5.26. The highest BCUT2D eigenvalue weighted by Gasteiger charge is 2.25. The van der Waals surface area contributed by atoms with Crippen molar-refractivity contribution in [2.75, 3.05) is 21.9 Å². The van der Waals surface area contributed by atoms with Crippen LogP contribution in [0.4, 0.5) is 11.4 Å². The Morgan fingerprint density at radius 2 is 1.74 bits per heavy atom. The number of benzene rings is 1. The SMILES string of the molecule is CC(C)NC(=O)C(=O)Nc1ccc(N2CCCCS2(=O)=O)cc1. The fourth-order valence-corrected chi connectivity index (χ4v) is 3.94. The molecule has 0 saturated carbocycles. The average molecular weight is 339 g/mol. The number of rotatable bonds is 3. The zero-order valence-electron chi connectivity index (χ0n) is 13.2. The number of nitrogens with one attached hydrogen (secondary N) is 2. The molecule has 0 aromatic heterocycles. The lowest BCUT2D eigenvalue weighted by atomic mass is 10.2. The van der Waals surface area contributed by atoms with Crippen LogP contribution in [0.15, 0.2) is 24.3 Å². The van der Waals surface area contributed by atoms with Crippen molar-refractivity contribution in [3.63, 3.8) is 0 Å². The number of nitrogens with zero attached hydrogens (tertiary/aromatic N) is 1. The quantitative estimate of drug-likeness (QED) is 0.806. The van der Waals surface area contributed by atoms with Crippen molar-refractivity contribution in [2.24, 2.45) is 0 Å². The first-order valence-electron chi connectivity index (χ1n) is 7.52. The van der Waals surface area contributed by atoms with E-state index in [9.17, 15) is 18.0 Å². The Morgan fingerprint density at radius 3 is 2.30 bits per heavy atom. The molecule has 0 aliphatic carbocycles. The Balaban J connectivity index is 2.05. The van der Waals surface area contributed by atoms with Gasteiger partial charge in [0.25, 0.3) is 0 Å². The van der Waals surface area contributed by atoms with E-state index in [1.165, 1.54) is 4.31 Å². The molecule has 7 nitrogen and oxygen atoms in total. The molecule has 0 bridgehead atoms. The van der Waals surface area contributed by atoms with E-state index in [2.05, 4.69) is 10.6 Å².